The van der Waals surface area contributed by atoms with E-state index in [1.54, 1.807) is 0 Å². The van der Waals surface area contributed by atoms with Crippen LogP contribution in [-0.4, -0.2) is 41.4 Å². The summed E-state index contributed by atoms with van der Waals surface area (Å²) >= 11 is 0.621. The summed E-state index contributed by atoms with van der Waals surface area (Å²) in [5, 5.41) is 0. The average molecular weight is 485 g/mol. The summed E-state index contributed by atoms with van der Waals surface area (Å²) < 4.78 is 47.7. The van der Waals surface area contributed by atoms with E-state index in [-0.39, 0.29) is 33.2 Å². The predicted molar refractivity (Wildman–Crippen MR) is 121 cm³/mol. The number of ether oxygens (including phenoxy) is 1. The zero-order chi connectivity index (χ0) is 24.1. The maximum absolute atomic E-state index is 13.5. The minimum Gasteiger partial charge on any atom is -0.398 e. The summed E-state index contributed by atoms with van der Waals surface area (Å²) in [4.78, 5) is 19.2. The number of nitrogens with two attached hydrogens (primary N) is 3. The van der Waals surface area contributed by atoms with Crippen molar-refractivity contribution in [1.29, 1.82) is 0 Å². The molecule has 6 N–H and O–H groups in total. The molecule has 0 bridgehead atoms. The van der Waals surface area contributed by atoms with E-state index in [2.05, 4.69) is 4.98 Å². The molecule has 0 radical (unpaired) electrons. The highest BCUT2D eigenvalue weighted by atomic mass is 32.2. The number of nitrogen functional groups attached to an aromatic ring is 2. The van der Waals surface area contributed by atoms with Gasteiger partial charge in [-0.15, -0.1) is 0 Å². The lowest BCUT2D eigenvalue weighted by Gasteiger charge is -2.41. The van der Waals surface area contributed by atoms with Crippen LogP contribution in [0.15, 0.2) is 32.8 Å². The van der Waals surface area contributed by atoms with Crippen LogP contribution in [0.5, 0.6) is 0 Å². The molecule has 1 spiro atoms. The zero-order valence-corrected chi connectivity index (χ0v) is 19.2. The number of anilines is 3. The Balaban J connectivity index is 1.61. The van der Waals surface area contributed by atoms with Gasteiger partial charge >= 0.3 is 6.18 Å². The van der Waals surface area contributed by atoms with E-state index in [1.807, 2.05) is 11.8 Å². The average Bonchev–Trinajstić information content (AvgIpc) is 3.02. The molecule has 2 aliphatic heterocycles. The van der Waals surface area contributed by atoms with E-state index >= 15 is 0 Å². The first-order valence-electron chi connectivity index (χ1n) is 10.6. The van der Waals surface area contributed by atoms with E-state index < -0.39 is 23.0 Å². The normalized spacial score (nSPS) is 22.8. The second-order valence-corrected chi connectivity index (χ2v) is 9.75. The Kier molecular flexibility index (Phi) is 6.04. The highest BCUT2D eigenvalue weighted by molar-refractivity contribution is 7.99. The summed E-state index contributed by atoms with van der Waals surface area (Å²) in [5.41, 5.74) is 16.0. The van der Waals surface area contributed by atoms with Crippen molar-refractivity contribution >= 4 is 29.2 Å². The Morgan fingerprint density at radius 1 is 1.24 bits per heavy atom. The molecular formula is C21H27F3N6O2S. The number of piperidine rings is 1. The molecule has 0 unspecified atom stereocenters. The summed E-state index contributed by atoms with van der Waals surface area (Å²) in [6.07, 6.45) is -3.11. The third-order valence-corrected chi connectivity index (χ3v) is 7.84. The van der Waals surface area contributed by atoms with Crippen LogP contribution < -0.4 is 27.7 Å². The Morgan fingerprint density at radius 2 is 1.91 bits per heavy atom. The highest BCUT2D eigenvalue weighted by Crippen LogP contribution is 2.44. The Morgan fingerprint density at radius 3 is 2.48 bits per heavy atom. The summed E-state index contributed by atoms with van der Waals surface area (Å²) in [7, 11) is 1.54. The molecule has 2 aliphatic rings. The first-order valence-corrected chi connectivity index (χ1v) is 11.4. The van der Waals surface area contributed by atoms with Gasteiger partial charge in [-0.2, -0.15) is 18.2 Å². The summed E-state index contributed by atoms with van der Waals surface area (Å²) in [6.45, 7) is 3.81. The largest absolute Gasteiger partial charge is 0.419 e. The van der Waals surface area contributed by atoms with Crippen LogP contribution >= 0.6 is 11.8 Å². The lowest BCUT2D eigenvalue weighted by Crippen LogP contribution is -2.51. The van der Waals surface area contributed by atoms with Crippen LogP contribution in [0.2, 0.25) is 0 Å². The maximum atomic E-state index is 13.5. The van der Waals surface area contributed by atoms with Gasteiger partial charge in [0.1, 0.15) is 10.7 Å². The van der Waals surface area contributed by atoms with Crippen molar-refractivity contribution in [3.63, 3.8) is 0 Å². The number of nitrogens with zero attached hydrogens (tertiary/aromatic N) is 3. The van der Waals surface area contributed by atoms with Crippen molar-refractivity contribution in [2.45, 2.75) is 47.9 Å². The van der Waals surface area contributed by atoms with Crippen LogP contribution in [-0.2, 0) is 18.0 Å². The fraction of sp³-hybridized carbons (Fsp3) is 0.524. The second-order valence-electron chi connectivity index (χ2n) is 8.70. The fourth-order valence-electron chi connectivity index (χ4n) is 4.64. The molecule has 0 aliphatic carbocycles. The van der Waals surface area contributed by atoms with Crippen molar-refractivity contribution in [2.24, 2.45) is 18.2 Å². The molecule has 2 atom stereocenters. The van der Waals surface area contributed by atoms with E-state index in [1.165, 1.54) is 29.8 Å². The Labute approximate surface area is 193 Å². The summed E-state index contributed by atoms with van der Waals surface area (Å²) in [5.74, 6) is 0.254. The van der Waals surface area contributed by atoms with E-state index in [0.717, 1.165) is 12.8 Å². The molecule has 1 aromatic heterocycles. The molecule has 1 aromatic carbocycles. The number of benzene rings is 1. The molecule has 4 rings (SSSR count). The molecule has 12 heteroatoms. The van der Waals surface area contributed by atoms with Gasteiger partial charge in [-0.3, -0.25) is 9.36 Å². The number of rotatable bonds is 3. The van der Waals surface area contributed by atoms with Gasteiger partial charge in [-0.25, -0.2) is 0 Å². The molecule has 0 saturated carbocycles. The van der Waals surface area contributed by atoms with Gasteiger partial charge in [0.25, 0.3) is 5.56 Å². The van der Waals surface area contributed by atoms with E-state index in [9.17, 15) is 18.0 Å². The topological polar surface area (TPSA) is 125 Å². The number of alkyl halides is 3. The number of hydrogen-bond donors (Lipinski definition) is 3. The first-order chi connectivity index (χ1) is 15.4. The van der Waals surface area contributed by atoms with Crippen LogP contribution in [0, 0.1) is 5.41 Å². The third-order valence-electron chi connectivity index (χ3n) is 6.69. The predicted octanol–water partition coefficient (Wildman–Crippen LogP) is 2.45. The van der Waals surface area contributed by atoms with Gasteiger partial charge in [0.15, 0.2) is 0 Å². The molecule has 2 aromatic rings. The van der Waals surface area contributed by atoms with Crippen molar-refractivity contribution in [3.8, 4) is 0 Å². The number of halogens is 3. The first kappa shape index (κ1) is 23.7. The molecule has 2 saturated heterocycles. The van der Waals surface area contributed by atoms with Crippen molar-refractivity contribution in [1.82, 2.24) is 9.55 Å². The Bertz CT molecular complexity index is 1110. The molecule has 33 heavy (non-hydrogen) atoms. The van der Waals surface area contributed by atoms with E-state index in [4.69, 9.17) is 21.9 Å². The molecule has 2 fully saturated rings. The van der Waals surface area contributed by atoms with Crippen molar-refractivity contribution < 1.29 is 17.9 Å². The smallest absolute Gasteiger partial charge is 0.398 e. The number of hydrogen-bond acceptors (Lipinski definition) is 8. The van der Waals surface area contributed by atoms with Crippen LogP contribution in [0.3, 0.4) is 0 Å². The SMILES string of the molecule is C[C@@H]1OCC2(CCN(c3nc(N)c(Sc4cccc(N)c4C(F)(F)F)c(=O)n3C)CC2)[C@@H]1N. The monoisotopic (exact) mass is 484 g/mol. The molecule has 180 valence electrons. The second kappa shape index (κ2) is 8.41. The lowest BCUT2D eigenvalue weighted by molar-refractivity contribution is -0.139. The quantitative estimate of drug-likeness (QED) is 0.568. The molecule has 8 nitrogen and oxygen atoms in total. The lowest BCUT2D eigenvalue weighted by atomic mass is 9.73. The Hall–Kier alpha value is -2.44. The van der Waals surface area contributed by atoms with Crippen molar-refractivity contribution in [2.75, 3.05) is 36.1 Å². The summed E-state index contributed by atoms with van der Waals surface area (Å²) in [6, 6.07) is 3.77. The number of aromatic nitrogens is 2. The van der Waals surface area contributed by atoms with Gasteiger partial charge in [0.05, 0.1) is 18.3 Å². The zero-order valence-electron chi connectivity index (χ0n) is 18.4. The van der Waals surface area contributed by atoms with Gasteiger partial charge < -0.3 is 26.8 Å². The standard InChI is InChI=1S/C21H27F3N6O2S/c1-11-16(26)20(10-32-11)6-8-30(9-7-20)19-28-17(27)15(18(31)29(19)2)33-13-5-3-4-12(25)14(13)21(22,23)24/h3-5,11,16H,6-10,25-27H2,1-2H3/t11-,16+/m0/s1. The fourth-order valence-corrected chi connectivity index (χ4v) is 5.71. The van der Waals surface area contributed by atoms with Crippen LogP contribution in [0.25, 0.3) is 0 Å². The van der Waals surface area contributed by atoms with Crippen LogP contribution in [0.1, 0.15) is 25.3 Å². The molecule has 0 amide bonds. The molecule has 3 heterocycles. The van der Waals surface area contributed by atoms with Gasteiger partial charge in [0.2, 0.25) is 5.95 Å². The maximum Gasteiger partial charge on any atom is 0.419 e. The van der Waals surface area contributed by atoms with Gasteiger partial charge in [-0.05, 0) is 31.9 Å². The van der Waals surface area contributed by atoms with E-state index in [0.29, 0.717) is 37.4 Å². The highest BCUT2D eigenvalue weighted by Gasteiger charge is 2.48. The minimum atomic E-state index is -4.67. The van der Waals surface area contributed by atoms with Crippen molar-refractivity contribution in [3.05, 3.63) is 34.1 Å². The van der Waals surface area contributed by atoms with Gasteiger partial charge in [-0.1, -0.05) is 17.8 Å². The van der Waals surface area contributed by atoms with Crippen LogP contribution in [0.4, 0.5) is 30.6 Å². The third kappa shape index (κ3) is 4.15. The minimum absolute atomic E-state index is 0.000374. The van der Waals surface area contributed by atoms with Gasteiger partial charge in [0, 0.05) is 42.2 Å². The molecular weight excluding hydrogens is 457 g/mol.